The molecule has 0 fully saturated rings. The molecule has 3 rings (SSSR count). The number of benzene rings is 1. The molecule has 2 aliphatic carbocycles. The topological polar surface area (TPSA) is 26.0 Å². The van der Waals surface area contributed by atoms with E-state index in [1.54, 1.807) is 0 Å². The fourth-order valence-electron chi connectivity index (χ4n) is 2.89. The number of hydrogen-bond acceptors (Lipinski definition) is 1. The van der Waals surface area contributed by atoms with Crippen LogP contribution in [-0.2, 0) is 6.42 Å². The summed E-state index contributed by atoms with van der Waals surface area (Å²) < 4.78 is 0. The van der Waals surface area contributed by atoms with E-state index in [0.717, 1.165) is 17.9 Å². The highest BCUT2D eigenvalue weighted by molar-refractivity contribution is 6.30. The van der Waals surface area contributed by atoms with Gasteiger partial charge in [0.2, 0.25) is 0 Å². The molecule has 1 aromatic rings. The summed E-state index contributed by atoms with van der Waals surface area (Å²) >= 11 is 6.02. The van der Waals surface area contributed by atoms with Gasteiger partial charge >= 0.3 is 0 Å². The molecule has 15 heavy (non-hydrogen) atoms. The van der Waals surface area contributed by atoms with Crippen LogP contribution in [0, 0.1) is 5.92 Å². The Hall–Kier alpha value is -0.790. The summed E-state index contributed by atoms with van der Waals surface area (Å²) in [7, 11) is 0. The first-order valence-electron chi connectivity index (χ1n) is 5.46. The molecule has 3 atom stereocenters. The second-order valence-corrected chi connectivity index (χ2v) is 5.00. The molecule has 0 heterocycles. The van der Waals surface area contributed by atoms with E-state index in [1.165, 1.54) is 11.1 Å². The Balaban J connectivity index is 2.12. The first kappa shape index (κ1) is 9.44. The Morgan fingerprint density at radius 1 is 1.33 bits per heavy atom. The van der Waals surface area contributed by atoms with Crippen molar-refractivity contribution >= 4 is 11.6 Å². The molecule has 0 saturated heterocycles. The Morgan fingerprint density at radius 2 is 2.20 bits per heavy atom. The molecular weight excluding hydrogens is 206 g/mol. The van der Waals surface area contributed by atoms with Crippen LogP contribution in [-0.4, -0.2) is 6.04 Å². The molecule has 0 amide bonds. The van der Waals surface area contributed by atoms with Crippen molar-refractivity contribution in [3.63, 3.8) is 0 Å². The van der Waals surface area contributed by atoms with E-state index >= 15 is 0 Å². The molecule has 0 saturated carbocycles. The van der Waals surface area contributed by atoms with Crippen LogP contribution >= 0.6 is 11.6 Å². The minimum atomic E-state index is 0.295. The van der Waals surface area contributed by atoms with Gasteiger partial charge in [-0.1, -0.05) is 29.8 Å². The van der Waals surface area contributed by atoms with Crippen LogP contribution in [0.2, 0.25) is 5.02 Å². The van der Waals surface area contributed by atoms with Gasteiger partial charge in [-0.3, -0.25) is 0 Å². The summed E-state index contributed by atoms with van der Waals surface area (Å²) in [5, 5.41) is 0.839. The Bertz CT molecular complexity index is 425. The minimum absolute atomic E-state index is 0.295. The zero-order valence-corrected chi connectivity index (χ0v) is 9.24. The molecule has 78 valence electrons. The van der Waals surface area contributed by atoms with Crippen LogP contribution in [0.3, 0.4) is 0 Å². The van der Waals surface area contributed by atoms with Crippen molar-refractivity contribution in [1.29, 1.82) is 0 Å². The van der Waals surface area contributed by atoms with Crippen LogP contribution in [0.4, 0.5) is 0 Å². The van der Waals surface area contributed by atoms with E-state index in [2.05, 4.69) is 24.3 Å². The third-order valence-corrected chi connectivity index (χ3v) is 3.93. The van der Waals surface area contributed by atoms with Gasteiger partial charge in [-0.25, -0.2) is 0 Å². The van der Waals surface area contributed by atoms with Gasteiger partial charge in [0.15, 0.2) is 0 Å². The van der Waals surface area contributed by atoms with Crippen molar-refractivity contribution in [3.8, 4) is 0 Å². The number of hydrogen-bond donors (Lipinski definition) is 1. The van der Waals surface area contributed by atoms with Gasteiger partial charge in [-0.05, 0) is 42.0 Å². The number of allylic oxidation sites excluding steroid dienone is 1. The van der Waals surface area contributed by atoms with E-state index < -0.39 is 0 Å². The molecule has 1 nitrogen and oxygen atoms in total. The van der Waals surface area contributed by atoms with Gasteiger partial charge < -0.3 is 5.73 Å². The van der Waals surface area contributed by atoms with E-state index in [0.29, 0.717) is 17.9 Å². The maximum Gasteiger partial charge on any atom is 0.0408 e. The van der Waals surface area contributed by atoms with Crippen molar-refractivity contribution < 1.29 is 0 Å². The zero-order valence-electron chi connectivity index (χ0n) is 8.49. The summed E-state index contributed by atoms with van der Waals surface area (Å²) in [5.41, 5.74) is 9.05. The molecule has 0 radical (unpaired) electrons. The second kappa shape index (κ2) is 3.36. The number of nitrogens with two attached hydrogens (primary N) is 1. The normalized spacial score (nSPS) is 32.5. The lowest BCUT2D eigenvalue weighted by Crippen LogP contribution is -2.42. The van der Waals surface area contributed by atoms with E-state index in [1.807, 2.05) is 6.07 Å². The van der Waals surface area contributed by atoms with Crippen LogP contribution in [0.25, 0.3) is 0 Å². The minimum Gasteiger partial charge on any atom is -0.327 e. The highest BCUT2D eigenvalue weighted by atomic mass is 35.5. The second-order valence-electron chi connectivity index (χ2n) is 4.56. The van der Waals surface area contributed by atoms with Crippen molar-refractivity contribution in [2.24, 2.45) is 11.7 Å². The van der Waals surface area contributed by atoms with Crippen LogP contribution < -0.4 is 5.73 Å². The molecule has 2 N–H and O–H groups in total. The lowest BCUT2D eigenvalue weighted by atomic mass is 9.69. The summed E-state index contributed by atoms with van der Waals surface area (Å²) in [5.74, 6) is 1.01. The van der Waals surface area contributed by atoms with Crippen molar-refractivity contribution in [2.75, 3.05) is 0 Å². The maximum absolute atomic E-state index is 6.25. The van der Waals surface area contributed by atoms with Gasteiger partial charge in [0.25, 0.3) is 0 Å². The lowest BCUT2D eigenvalue weighted by molar-refractivity contribution is 0.377. The maximum atomic E-state index is 6.25. The summed E-state index contributed by atoms with van der Waals surface area (Å²) in [6.07, 6.45) is 6.66. The summed E-state index contributed by atoms with van der Waals surface area (Å²) in [4.78, 5) is 0. The monoisotopic (exact) mass is 219 g/mol. The highest BCUT2D eigenvalue weighted by Crippen LogP contribution is 2.40. The predicted octanol–water partition coefficient (Wildman–Crippen LogP) is 2.88. The van der Waals surface area contributed by atoms with Gasteiger partial charge in [0.1, 0.15) is 0 Å². The van der Waals surface area contributed by atoms with Crippen molar-refractivity contribution in [3.05, 3.63) is 46.5 Å². The molecule has 0 spiro atoms. The third kappa shape index (κ3) is 1.42. The van der Waals surface area contributed by atoms with Crippen LogP contribution in [0.1, 0.15) is 23.5 Å². The molecule has 0 aromatic heterocycles. The molecule has 2 bridgehead atoms. The average Bonchev–Trinajstić information content (AvgIpc) is 2.19. The molecule has 0 aliphatic heterocycles. The Morgan fingerprint density at radius 3 is 3.07 bits per heavy atom. The molecule has 2 aliphatic rings. The van der Waals surface area contributed by atoms with E-state index in [9.17, 15) is 0 Å². The number of rotatable bonds is 0. The zero-order chi connectivity index (χ0) is 10.4. The number of halogens is 1. The van der Waals surface area contributed by atoms with Gasteiger partial charge in [-0.2, -0.15) is 0 Å². The smallest absolute Gasteiger partial charge is 0.0408 e. The summed E-state index contributed by atoms with van der Waals surface area (Å²) in [6.45, 7) is 0. The van der Waals surface area contributed by atoms with Crippen LogP contribution in [0.15, 0.2) is 30.4 Å². The predicted molar refractivity (Wildman–Crippen MR) is 63.1 cm³/mol. The fourth-order valence-corrected chi connectivity index (χ4v) is 3.08. The molecule has 2 heteroatoms. The fraction of sp³-hybridized carbons (Fsp3) is 0.385. The number of fused-ring (bicyclic) bond motifs is 4. The SMILES string of the molecule is N[C@@H]1[C@@H]2C=CC[C@H]1c1ccc(Cl)cc1C2. The van der Waals surface area contributed by atoms with E-state index in [-0.39, 0.29) is 0 Å². The molecular formula is C13H14ClN. The summed E-state index contributed by atoms with van der Waals surface area (Å²) in [6, 6.07) is 6.52. The Labute approximate surface area is 94.9 Å². The standard InChI is InChI=1S/C13H14ClN/c14-10-4-5-11-9(7-10)6-8-2-1-3-12(11)13(8)15/h1-2,4-5,7-8,12-13H,3,6,15H2/t8-,12+,13-/m1/s1. The van der Waals surface area contributed by atoms with Gasteiger partial charge in [-0.15, -0.1) is 0 Å². The van der Waals surface area contributed by atoms with Crippen molar-refractivity contribution in [2.45, 2.75) is 24.8 Å². The largest absolute Gasteiger partial charge is 0.327 e. The molecule has 0 unspecified atom stereocenters. The average molecular weight is 220 g/mol. The Kier molecular flexibility index (Phi) is 2.11. The quantitative estimate of drug-likeness (QED) is 0.668. The van der Waals surface area contributed by atoms with Gasteiger partial charge in [0.05, 0.1) is 0 Å². The van der Waals surface area contributed by atoms with E-state index in [4.69, 9.17) is 17.3 Å². The highest BCUT2D eigenvalue weighted by Gasteiger charge is 2.34. The van der Waals surface area contributed by atoms with Gasteiger partial charge in [0, 0.05) is 17.0 Å². The molecule has 1 aromatic carbocycles. The first-order chi connectivity index (χ1) is 7.25. The third-order valence-electron chi connectivity index (χ3n) is 3.69. The lowest BCUT2D eigenvalue weighted by Gasteiger charge is -2.38. The van der Waals surface area contributed by atoms with Crippen LogP contribution in [0.5, 0.6) is 0 Å². The van der Waals surface area contributed by atoms with Crippen molar-refractivity contribution in [1.82, 2.24) is 0 Å². The first-order valence-corrected chi connectivity index (χ1v) is 5.84.